The maximum absolute atomic E-state index is 14.7. The minimum atomic E-state index is -0.793. The molecule has 4 heterocycles. The number of aromatic hydroxyl groups is 1. The summed E-state index contributed by atoms with van der Waals surface area (Å²) in [6, 6.07) is 16.7. The van der Waals surface area contributed by atoms with E-state index in [0.29, 0.717) is 58.7 Å². The molecule has 0 radical (unpaired) electrons. The number of phenols is 1. The van der Waals surface area contributed by atoms with Crippen molar-refractivity contribution in [2.75, 3.05) is 79.3 Å². The van der Waals surface area contributed by atoms with Crippen molar-refractivity contribution < 1.29 is 38.5 Å². The first-order valence-electron chi connectivity index (χ1n) is 18.7. The van der Waals surface area contributed by atoms with Crippen LogP contribution in [0, 0.1) is 29.6 Å². The van der Waals surface area contributed by atoms with E-state index in [0.717, 1.165) is 43.1 Å². The van der Waals surface area contributed by atoms with E-state index >= 15 is 0 Å². The van der Waals surface area contributed by atoms with E-state index in [-0.39, 0.29) is 41.5 Å². The molecule has 6 unspecified atom stereocenters. The normalized spacial score (nSPS) is 27.9. The molecule has 12 nitrogen and oxygen atoms in total. The van der Waals surface area contributed by atoms with Gasteiger partial charge in [-0.3, -0.25) is 29.0 Å². The molecule has 0 aromatic heterocycles. The van der Waals surface area contributed by atoms with Gasteiger partial charge in [0.25, 0.3) is 0 Å². The lowest BCUT2D eigenvalue weighted by Crippen LogP contribution is -2.43. The van der Waals surface area contributed by atoms with Gasteiger partial charge in [-0.2, -0.15) is 0 Å². The third-order valence-electron chi connectivity index (χ3n) is 12.3. The van der Waals surface area contributed by atoms with E-state index < -0.39 is 35.5 Å². The van der Waals surface area contributed by atoms with Gasteiger partial charge < -0.3 is 29.1 Å². The summed E-state index contributed by atoms with van der Waals surface area (Å²) in [6.45, 7) is 5.60. The highest BCUT2D eigenvalue weighted by molar-refractivity contribution is 9.13. The molecule has 0 spiro atoms. The Hall–Kier alpha value is -4.24. The van der Waals surface area contributed by atoms with E-state index in [9.17, 15) is 24.3 Å². The van der Waals surface area contributed by atoms with Crippen molar-refractivity contribution in [2.45, 2.75) is 18.8 Å². The largest absolute Gasteiger partial charge is 0.503 e. The molecule has 0 bridgehead atoms. The van der Waals surface area contributed by atoms with Crippen LogP contribution >= 0.6 is 31.9 Å². The van der Waals surface area contributed by atoms with Gasteiger partial charge in [-0.15, -0.1) is 0 Å². The van der Waals surface area contributed by atoms with Crippen molar-refractivity contribution in [3.63, 3.8) is 0 Å². The van der Waals surface area contributed by atoms with Crippen LogP contribution in [0.2, 0.25) is 0 Å². The zero-order valence-electron chi connectivity index (χ0n) is 30.2. The Balaban J connectivity index is 1.09. The number of benzene rings is 3. The minimum Gasteiger partial charge on any atom is -0.503 e. The van der Waals surface area contributed by atoms with Crippen molar-refractivity contribution in [3.05, 3.63) is 80.8 Å². The maximum Gasteiger partial charge on any atom is 0.238 e. The first kappa shape index (κ1) is 36.4. The third kappa shape index (κ3) is 5.89. The molecule has 9 rings (SSSR count). The summed E-state index contributed by atoms with van der Waals surface area (Å²) in [5.74, 6) is -5.10. The first-order chi connectivity index (χ1) is 26.7. The Bertz CT molecular complexity index is 2100. The lowest BCUT2D eigenvalue weighted by molar-refractivity contribution is -0.126. The third-order valence-corrected chi connectivity index (χ3v) is 14.5. The number of phenolic OH excluding ortho intramolecular Hbond substituents is 1. The Morgan fingerprint density at radius 1 is 0.655 bits per heavy atom. The number of hydrogen-bond donors (Lipinski definition) is 1. The van der Waals surface area contributed by atoms with Gasteiger partial charge in [0.1, 0.15) is 0 Å². The van der Waals surface area contributed by atoms with Gasteiger partial charge >= 0.3 is 0 Å². The predicted octanol–water partition coefficient (Wildman–Crippen LogP) is 5.64. The number of anilines is 4. The van der Waals surface area contributed by atoms with Gasteiger partial charge in [0.15, 0.2) is 11.5 Å². The second-order valence-electron chi connectivity index (χ2n) is 14.9. The first-order valence-corrected chi connectivity index (χ1v) is 20.3. The number of carbonyl (C=O) groups excluding carboxylic acids is 4. The smallest absolute Gasteiger partial charge is 0.238 e. The molecule has 6 aliphatic rings. The molecule has 6 atom stereocenters. The van der Waals surface area contributed by atoms with Gasteiger partial charge in [-0.25, -0.2) is 0 Å². The second-order valence-corrected chi connectivity index (χ2v) is 16.5. The van der Waals surface area contributed by atoms with Crippen LogP contribution < -0.4 is 24.3 Å². The summed E-state index contributed by atoms with van der Waals surface area (Å²) in [4.78, 5) is 65.1. The highest BCUT2D eigenvalue weighted by Gasteiger charge is 2.62. The number of hydrogen-bond acceptors (Lipinski definition) is 10. The Morgan fingerprint density at radius 3 is 1.67 bits per heavy atom. The molecule has 1 saturated carbocycles. The van der Waals surface area contributed by atoms with Gasteiger partial charge in [0.05, 0.1) is 73.1 Å². The zero-order valence-corrected chi connectivity index (χ0v) is 33.3. The van der Waals surface area contributed by atoms with Crippen LogP contribution in [0.4, 0.5) is 22.7 Å². The number of carbonyl (C=O) groups is 4. The minimum absolute atomic E-state index is 0.109. The number of rotatable bonds is 6. The van der Waals surface area contributed by atoms with Gasteiger partial charge in [-0.1, -0.05) is 11.6 Å². The summed E-state index contributed by atoms with van der Waals surface area (Å²) in [5.41, 5.74) is 4.47. The van der Waals surface area contributed by atoms with Gasteiger partial charge in [0, 0.05) is 47.9 Å². The highest BCUT2D eigenvalue weighted by Crippen LogP contribution is 2.60. The van der Waals surface area contributed by atoms with Crippen molar-refractivity contribution in [1.82, 2.24) is 0 Å². The summed E-state index contributed by atoms with van der Waals surface area (Å²) >= 11 is 7.19. The van der Waals surface area contributed by atoms with Crippen LogP contribution in [0.3, 0.4) is 0 Å². The molecular weight excluding hydrogens is 836 g/mol. The number of imide groups is 2. The van der Waals surface area contributed by atoms with Crippen LogP contribution in [0.1, 0.15) is 24.3 Å². The van der Waals surface area contributed by atoms with E-state index in [2.05, 4.69) is 41.7 Å². The molecule has 4 amide bonds. The number of allylic oxidation sites excluding steroid dienone is 2. The van der Waals surface area contributed by atoms with Crippen LogP contribution in [0.15, 0.2) is 75.2 Å². The Kier molecular flexibility index (Phi) is 9.51. The highest BCUT2D eigenvalue weighted by atomic mass is 79.9. The van der Waals surface area contributed by atoms with Gasteiger partial charge in [0.2, 0.25) is 23.6 Å². The standard InChI is InChI=1S/C41H40Br2N4O8/c1-53-31-21-29(35(42)36(43)37(31)48)32-26-10-11-27-33(40(51)46(38(27)49)24-6-2-22(3-7-24)44-12-16-54-17-13-44)28(26)20-30-34(32)41(52)47(39(30)50)25-8-4-23(5-9-25)45-14-18-55-19-15-45/h2-10,21,27-28,30,32-34,48H,11-20H2,1H3. The van der Waals surface area contributed by atoms with Crippen LogP contribution in [-0.2, 0) is 28.7 Å². The topological polar surface area (TPSA) is 129 Å². The number of fused-ring (bicyclic) bond motifs is 4. The van der Waals surface area contributed by atoms with Crippen molar-refractivity contribution in [1.29, 1.82) is 0 Å². The van der Waals surface area contributed by atoms with Gasteiger partial charge in [-0.05, 0) is 111 Å². The SMILES string of the molecule is COc1cc(C2C3=CCC4C(=O)N(c5ccc(N6CCOCC6)cc5)C(=O)C4C3CC3C(=O)N(c4ccc(N5CCOCC5)cc4)C(=O)C32)c(Br)c(Br)c1O. The van der Waals surface area contributed by atoms with E-state index in [1.165, 1.54) is 16.9 Å². The fourth-order valence-electron chi connectivity index (χ4n) is 9.71. The molecule has 55 heavy (non-hydrogen) atoms. The number of ether oxygens (including phenoxy) is 3. The van der Waals surface area contributed by atoms with Crippen LogP contribution in [0.5, 0.6) is 11.5 Å². The lowest BCUT2D eigenvalue weighted by atomic mass is 9.57. The lowest BCUT2D eigenvalue weighted by Gasteiger charge is -2.44. The molecule has 5 fully saturated rings. The molecule has 4 aliphatic heterocycles. The van der Waals surface area contributed by atoms with E-state index in [1.807, 2.05) is 54.6 Å². The quantitative estimate of drug-likeness (QED) is 0.246. The number of amides is 4. The summed E-state index contributed by atoms with van der Waals surface area (Å²) in [7, 11) is 1.45. The fourth-order valence-corrected chi connectivity index (χ4v) is 10.7. The molecule has 286 valence electrons. The zero-order chi connectivity index (χ0) is 38.1. The van der Waals surface area contributed by atoms with Crippen molar-refractivity contribution in [2.24, 2.45) is 29.6 Å². The summed E-state index contributed by atoms with van der Waals surface area (Å²) in [6.07, 6.45) is 2.58. The predicted molar refractivity (Wildman–Crippen MR) is 212 cm³/mol. The molecule has 3 aromatic carbocycles. The molecule has 3 aromatic rings. The second kappa shape index (κ2) is 14.4. The van der Waals surface area contributed by atoms with Crippen LogP contribution in [0.25, 0.3) is 0 Å². The average Bonchev–Trinajstić information content (AvgIpc) is 3.63. The monoisotopic (exact) mass is 874 g/mol. The Labute approximate surface area is 335 Å². The fraction of sp³-hybridized carbons (Fsp3) is 0.415. The summed E-state index contributed by atoms with van der Waals surface area (Å²) < 4.78 is 17.4. The molecule has 14 heteroatoms. The number of morpholine rings is 2. The summed E-state index contributed by atoms with van der Waals surface area (Å²) in [5, 5.41) is 10.9. The van der Waals surface area contributed by atoms with Crippen molar-refractivity contribution in [3.8, 4) is 11.5 Å². The molecule has 1 N–H and O–H groups in total. The molecule has 4 saturated heterocycles. The van der Waals surface area contributed by atoms with Crippen molar-refractivity contribution >= 4 is 78.2 Å². The average molecular weight is 877 g/mol. The Morgan fingerprint density at radius 2 is 1.15 bits per heavy atom. The number of methoxy groups -OCH3 is 1. The van der Waals surface area contributed by atoms with Crippen LogP contribution in [-0.4, -0.2) is 88.5 Å². The molecule has 2 aliphatic carbocycles. The number of nitrogens with zero attached hydrogens (tertiary/aromatic N) is 4. The molecular formula is C41H40Br2N4O8. The van der Waals surface area contributed by atoms with E-state index in [4.69, 9.17) is 14.2 Å². The van der Waals surface area contributed by atoms with E-state index in [1.54, 1.807) is 6.07 Å². The maximum atomic E-state index is 14.7. The number of halogens is 2.